The maximum absolute atomic E-state index is 6.16. The van der Waals surface area contributed by atoms with Crippen molar-refractivity contribution in [2.75, 3.05) is 13.1 Å². The van der Waals surface area contributed by atoms with Crippen molar-refractivity contribution in [2.45, 2.75) is 39.3 Å². The third-order valence-corrected chi connectivity index (χ3v) is 6.18. The van der Waals surface area contributed by atoms with Crippen molar-refractivity contribution in [3.8, 4) is 17.4 Å². The van der Waals surface area contributed by atoms with Crippen LogP contribution in [0.15, 0.2) is 53.2 Å². The lowest BCUT2D eigenvalue weighted by molar-refractivity contribution is 0.220. The second-order valence-corrected chi connectivity index (χ2v) is 8.72. The van der Waals surface area contributed by atoms with Crippen molar-refractivity contribution >= 4 is 16.4 Å². The second-order valence-electron chi connectivity index (χ2n) is 8.72. The molecular weight excluding hydrogens is 430 g/mol. The summed E-state index contributed by atoms with van der Waals surface area (Å²) in [6.45, 7) is 5.44. The lowest BCUT2D eigenvalue weighted by Gasteiger charge is -2.26. The third-order valence-electron chi connectivity index (χ3n) is 6.18. The number of pyridine rings is 1. The van der Waals surface area contributed by atoms with Crippen molar-refractivity contribution < 1.29 is 9.26 Å². The van der Waals surface area contributed by atoms with E-state index in [0.717, 1.165) is 23.0 Å². The lowest BCUT2D eigenvalue weighted by atomic mass is 10.1. The quantitative estimate of drug-likeness (QED) is 0.376. The van der Waals surface area contributed by atoms with Crippen LogP contribution in [0.3, 0.4) is 0 Å². The molecule has 172 valence electrons. The number of fused-ring (bicyclic) bond motifs is 3. The van der Waals surface area contributed by atoms with Gasteiger partial charge in [0.25, 0.3) is 0 Å². The molecule has 1 aromatic carbocycles. The van der Waals surface area contributed by atoms with Crippen molar-refractivity contribution in [1.82, 2.24) is 34.9 Å². The number of aromatic nitrogens is 6. The summed E-state index contributed by atoms with van der Waals surface area (Å²) in [5, 5.41) is 19.2. The summed E-state index contributed by atoms with van der Waals surface area (Å²) in [5.74, 6) is 1.69. The molecule has 0 bridgehead atoms. The van der Waals surface area contributed by atoms with Gasteiger partial charge in [0, 0.05) is 29.6 Å². The number of likely N-dealkylation sites (tertiary alicyclic amines) is 1. The molecule has 0 aliphatic carbocycles. The Balaban J connectivity index is 1.27. The molecule has 9 heteroatoms. The predicted molar refractivity (Wildman–Crippen MR) is 126 cm³/mol. The molecule has 6 rings (SSSR count). The maximum atomic E-state index is 6.16. The van der Waals surface area contributed by atoms with Crippen LogP contribution in [-0.4, -0.2) is 47.9 Å². The summed E-state index contributed by atoms with van der Waals surface area (Å²) in [7, 11) is 0. The first-order chi connectivity index (χ1) is 16.7. The Hall–Kier alpha value is -3.85. The molecule has 1 aliphatic rings. The predicted octanol–water partition coefficient (Wildman–Crippen LogP) is 4.20. The van der Waals surface area contributed by atoms with Crippen LogP contribution in [0.4, 0.5) is 0 Å². The van der Waals surface area contributed by atoms with E-state index in [1.165, 1.54) is 37.9 Å². The fraction of sp³-hybridized carbons (Fsp3) is 0.320. The Morgan fingerprint density at radius 1 is 1.00 bits per heavy atom. The van der Waals surface area contributed by atoms with Gasteiger partial charge in [0.15, 0.2) is 11.3 Å². The minimum atomic E-state index is 0.313. The van der Waals surface area contributed by atoms with Gasteiger partial charge < -0.3 is 9.26 Å². The number of rotatable bonds is 6. The average Bonchev–Trinajstić information content (AvgIpc) is 3.50. The van der Waals surface area contributed by atoms with E-state index < -0.39 is 0 Å². The Morgan fingerprint density at radius 2 is 1.85 bits per heavy atom. The highest BCUT2D eigenvalue weighted by Gasteiger charge is 2.18. The molecule has 1 fully saturated rings. The van der Waals surface area contributed by atoms with Gasteiger partial charge in [-0.2, -0.15) is 4.52 Å². The van der Waals surface area contributed by atoms with Gasteiger partial charge in [0.1, 0.15) is 12.4 Å². The lowest BCUT2D eigenvalue weighted by Crippen LogP contribution is -2.29. The smallest absolute Gasteiger partial charge is 0.240 e. The number of aryl methyl sites for hydroxylation is 1. The SMILES string of the molecule is Cc1cc(-c2nnc3c4ccccc4c(OCc4ccc(CN5CCCCC5)cn4)nn23)no1. The molecule has 0 amide bonds. The first-order valence-corrected chi connectivity index (χ1v) is 11.6. The zero-order valence-corrected chi connectivity index (χ0v) is 19.0. The van der Waals surface area contributed by atoms with Gasteiger partial charge >= 0.3 is 0 Å². The Bertz CT molecular complexity index is 1440. The van der Waals surface area contributed by atoms with Gasteiger partial charge in [-0.05, 0) is 50.6 Å². The van der Waals surface area contributed by atoms with Gasteiger partial charge in [-0.15, -0.1) is 15.3 Å². The van der Waals surface area contributed by atoms with E-state index in [1.807, 2.05) is 49.5 Å². The van der Waals surface area contributed by atoms with Crippen LogP contribution in [-0.2, 0) is 13.2 Å². The van der Waals surface area contributed by atoms with Crippen molar-refractivity contribution in [2.24, 2.45) is 0 Å². The van der Waals surface area contributed by atoms with Gasteiger partial charge in [-0.25, -0.2) is 0 Å². The highest BCUT2D eigenvalue weighted by Crippen LogP contribution is 2.29. The van der Waals surface area contributed by atoms with E-state index in [4.69, 9.17) is 14.4 Å². The number of piperidine rings is 1. The molecule has 0 unspecified atom stereocenters. The Morgan fingerprint density at radius 3 is 2.62 bits per heavy atom. The van der Waals surface area contributed by atoms with Crippen molar-refractivity contribution in [1.29, 1.82) is 0 Å². The third kappa shape index (κ3) is 3.99. The summed E-state index contributed by atoms with van der Waals surface area (Å²) < 4.78 is 13.0. The molecule has 1 saturated heterocycles. The van der Waals surface area contributed by atoms with Crippen LogP contribution in [0.5, 0.6) is 5.88 Å². The van der Waals surface area contributed by atoms with Gasteiger partial charge in [0.2, 0.25) is 11.7 Å². The van der Waals surface area contributed by atoms with Crippen LogP contribution >= 0.6 is 0 Å². The number of ether oxygens (including phenoxy) is 1. The monoisotopic (exact) mass is 455 g/mol. The minimum absolute atomic E-state index is 0.313. The van der Waals surface area contributed by atoms with Crippen LogP contribution in [0.2, 0.25) is 0 Å². The highest BCUT2D eigenvalue weighted by molar-refractivity contribution is 5.96. The number of hydrogen-bond acceptors (Lipinski definition) is 8. The average molecular weight is 456 g/mol. The molecule has 1 aliphatic heterocycles. The zero-order valence-electron chi connectivity index (χ0n) is 19.0. The molecule has 5 aromatic rings. The largest absolute Gasteiger partial charge is 0.470 e. The topological polar surface area (TPSA) is 94.5 Å². The first kappa shape index (κ1) is 20.7. The second kappa shape index (κ2) is 8.83. The highest BCUT2D eigenvalue weighted by atomic mass is 16.5. The number of benzene rings is 1. The fourth-order valence-electron chi connectivity index (χ4n) is 4.44. The Labute approximate surface area is 196 Å². The van der Waals surface area contributed by atoms with E-state index in [-0.39, 0.29) is 0 Å². The van der Waals surface area contributed by atoms with Crippen LogP contribution in [0.1, 0.15) is 36.3 Å². The first-order valence-electron chi connectivity index (χ1n) is 11.6. The molecule has 0 radical (unpaired) electrons. The van der Waals surface area contributed by atoms with Crippen LogP contribution in [0, 0.1) is 6.92 Å². The van der Waals surface area contributed by atoms with Crippen molar-refractivity contribution in [3.05, 3.63) is 65.7 Å². The number of nitrogens with zero attached hydrogens (tertiary/aromatic N) is 7. The van der Waals surface area contributed by atoms with E-state index in [2.05, 4.69) is 31.3 Å². The van der Waals surface area contributed by atoms with Crippen LogP contribution < -0.4 is 4.74 Å². The summed E-state index contributed by atoms with van der Waals surface area (Å²) in [6.07, 6.45) is 5.87. The van der Waals surface area contributed by atoms with Crippen LogP contribution in [0.25, 0.3) is 27.9 Å². The van der Waals surface area contributed by atoms with Gasteiger partial charge in [0.05, 0.1) is 5.69 Å². The maximum Gasteiger partial charge on any atom is 0.240 e. The van der Waals surface area contributed by atoms with E-state index in [0.29, 0.717) is 35.4 Å². The van der Waals surface area contributed by atoms with E-state index >= 15 is 0 Å². The molecule has 5 heterocycles. The van der Waals surface area contributed by atoms with Gasteiger partial charge in [-0.3, -0.25) is 9.88 Å². The van der Waals surface area contributed by atoms with Gasteiger partial charge in [-0.1, -0.05) is 35.8 Å². The fourth-order valence-corrected chi connectivity index (χ4v) is 4.44. The molecular formula is C25H25N7O2. The van der Waals surface area contributed by atoms with E-state index in [9.17, 15) is 0 Å². The summed E-state index contributed by atoms with van der Waals surface area (Å²) >= 11 is 0. The molecule has 0 atom stereocenters. The normalized spacial score (nSPS) is 14.7. The molecule has 34 heavy (non-hydrogen) atoms. The minimum Gasteiger partial charge on any atom is -0.470 e. The number of hydrogen-bond donors (Lipinski definition) is 0. The van der Waals surface area contributed by atoms with E-state index in [1.54, 1.807) is 4.52 Å². The van der Waals surface area contributed by atoms with Crippen molar-refractivity contribution in [3.63, 3.8) is 0 Å². The molecule has 0 saturated carbocycles. The standard InChI is InChI=1S/C25H25N7O2/c1-17-13-22(30-34-17)24-28-27-23-20-7-3-4-8-21(20)25(29-32(23)24)33-16-19-10-9-18(14-26-19)15-31-11-5-2-6-12-31/h3-4,7-10,13-14H,2,5-6,11-12,15-16H2,1H3. The molecule has 9 nitrogen and oxygen atoms in total. The summed E-state index contributed by atoms with van der Waals surface area (Å²) in [4.78, 5) is 7.12. The molecule has 0 N–H and O–H groups in total. The zero-order chi connectivity index (χ0) is 22.9. The summed E-state index contributed by atoms with van der Waals surface area (Å²) in [6, 6.07) is 13.9. The molecule has 4 aromatic heterocycles. The molecule has 0 spiro atoms. The summed E-state index contributed by atoms with van der Waals surface area (Å²) in [5.41, 5.74) is 3.29. The Kier molecular flexibility index (Phi) is 5.38.